The SMILES string of the molecule is Cc1ccc2c(c1)CCN2C(=O)c1cccc(Nc2s[nH]c(=O)c2C(N)=NC(C)CCO)c1. The first-order valence-corrected chi connectivity index (χ1v) is 11.6. The number of aliphatic hydroxyl groups is 1. The van der Waals surface area contributed by atoms with Gasteiger partial charge in [-0.1, -0.05) is 23.8 Å². The molecule has 1 aromatic heterocycles. The second-order valence-electron chi connectivity index (χ2n) is 8.16. The van der Waals surface area contributed by atoms with Gasteiger partial charge >= 0.3 is 0 Å². The molecule has 0 fully saturated rings. The van der Waals surface area contributed by atoms with Gasteiger partial charge in [0, 0.05) is 30.1 Å². The van der Waals surface area contributed by atoms with E-state index in [1.807, 2.05) is 32.0 Å². The van der Waals surface area contributed by atoms with Crippen molar-refractivity contribution in [2.45, 2.75) is 32.7 Å². The van der Waals surface area contributed by atoms with E-state index in [0.29, 0.717) is 29.2 Å². The van der Waals surface area contributed by atoms with Gasteiger partial charge in [0.1, 0.15) is 16.4 Å². The first-order chi connectivity index (χ1) is 15.9. The lowest BCUT2D eigenvalue weighted by Gasteiger charge is -2.18. The van der Waals surface area contributed by atoms with E-state index in [4.69, 9.17) is 10.8 Å². The van der Waals surface area contributed by atoms with Crippen molar-refractivity contribution in [3.05, 3.63) is 75.1 Å². The van der Waals surface area contributed by atoms with E-state index in [0.717, 1.165) is 23.6 Å². The molecule has 0 bridgehead atoms. The third kappa shape index (κ3) is 4.84. The van der Waals surface area contributed by atoms with Crippen molar-refractivity contribution in [1.82, 2.24) is 4.37 Å². The van der Waals surface area contributed by atoms with Gasteiger partial charge in [-0.3, -0.25) is 19.0 Å². The summed E-state index contributed by atoms with van der Waals surface area (Å²) in [5.74, 6) is 0.0415. The van der Waals surface area contributed by atoms with Crippen LogP contribution < -0.4 is 21.5 Å². The van der Waals surface area contributed by atoms with Crippen molar-refractivity contribution in [3.63, 3.8) is 0 Å². The number of benzene rings is 2. The van der Waals surface area contributed by atoms with Crippen LogP contribution in [0.4, 0.5) is 16.4 Å². The lowest BCUT2D eigenvalue weighted by Crippen LogP contribution is -2.28. The van der Waals surface area contributed by atoms with Crippen LogP contribution in [0.5, 0.6) is 0 Å². The molecule has 172 valence electrons. The summed E-state index contributed by atoms with van der Waals surface area (Å²) in [5, 5.41) is 12.8. The Morgan fingerprint density at radius 1 is 1.33 bits per heavy atom. The molecule has 1 aliphatic heterocycles. The second-order valence-corrected chi connectivity index (χ2v) is 8.97. The minimum Gasteiger partial charge on any atom is -0.396 e. The number of nitrogens with zero attached hydrogens (tertiary/aromatic N) is 2. The highest BCUT2D eigenvalue weighted by Crippen LogP contribution is 2.31. The average molecular weight is 466 g/mol. The molecule has 5 N–H and O–H groups in total. The quantitative estimate of drug-likeness (QED) is 0.315. The molecule has 2 heterocycles. The van der Waals surface area contributed by atoms with Gasteiger partial charge in [0.2, 0.25) is 0 Å². The molecule has 0 radical (unpaired) electrons. The Hall–Kier alpha value is -3.43. The third-order valence-corrected chi connectivity index (χ3v) is 6.40. The predicted molar refractivity (Wildman–Crippen MR) is 133 cm³/mol. The zero-order valence-corrected chi connectivity index (χ0v) is 19.4. The molecule has 0 saturated heterocycles. The number of aryl methyl sites for hydroxylation is 1. The van der Waals surface area contributed by atoms with Crippen LogP contribution in [0, 0.1) is 6.92 Å². The predicted octanol–water partition coefficient (Wildman–Crippen LogP) is 3.17. The minimum absolute atomic E-state index is 0.00896. The number of hydrogen-bond acceptors (Lipinski definition) is 6. The van der Waals surface area contributed by atoms with Crippen LogP contribution >= 0.6 is 11.5 Å². The van der Waals surface area contributed by atoms with E-state index in [1.165, 1.54) is 11.1 Å². The second kappa shape index (κ2) is 9.60. The molecular formula is C24H27N5O3S. The molecule has 1 atom stereocenters. The maximum Gasteiger partial charge on any atom is 0.271 e. The molecule has 1 aliphatic rings. The normalized spacial score (nSPS) is 14.3. The first kappa shape index (κ1) is 22.8. The summed E-state index contributed by atoms with van der Waals surface area (Å²) in [6.07, 6.45) is 1.30. The van der Waals surface area contributed by atoms with Gasteiger partial charge in [-0.2, -0.15) is 0 Å². The van der Waals surface area contributed by atoms with Crippen molar-refractivity contribution in [2.24, 2.45) is 10.7 Å². The molecular weight excluding hydrogens is 438 g/mol. The van der Waals surface area contributed by atoms with E-state index >= 15 is 0 Å². The van der Waals surface area contributed by atoms with Crippen molar-refractivity contribution in [1.29, 1.82) is 0 Å². The number of nitrogens with two attached hydrogens (primary N) is 1. The highest BCUT2D eigenvalue weighted by atomic mass is 32.1. The van der Waals surface area contributed by atoms with Gasteiger partial charge in [0.25, 0.3) is 11.5 Å². The third-order valence-electron chi connectivity index (χ3n) is 5.61. The van der Waals surface area contributed by atoms with Crippen LogP contribution in [0.25, 0.3) is 0 Å². The number of carbonyl (C=O) groups is 1. The molecule has 0 aliphatic carbocycles. The topological polar surface area (TPSA) is 124 Å². The summed E-state index contributed by atoms with van der Waals surface area (Å²) in [6.45, 7) is 4.51. The van der Waals surface area contributed by atoms with Gasteiger partial charge in [-0.15, -0.1) is 0 Å². The molecule has 1 unspecified atom stereocenters. The molecule has 2 aromatic carbocycles. The maximum absolute atomic E-state index is 13.2. The number of rotatable bonds is 7. The Morgan fingerprint density at radius 3 is 2.94 bits per heavy atom. The van der Waals surface area contributed by atoms with Crippen molar-refractivity contribution in [2.75, 3.05) is 23.4 Å². The first-order valence-electron chi connectivity index (χ1n) is 10.8. The van der Waals surface area contributed by atoms with E-state index in [-0.39, 0.29) is 35.5 Å². The van der Waals surface area contributed by atoms with Gasteiger partial charge in [-0.25, -0.2) is 0 Å². The zero-order valence-electron chi connectivity index (χ0n) is 18.6. The fraction of sp³-hybridized carbons (Fsp3) is 0.292. The highest BCUT2D eigenvalue weighted by molar-refractivity contribution is 7.10. The number of amidine groups is 1. The zero-order chi connectivity index (χ0) is 23.5. The molecule has 8 nitrogen and oxygen atoms in total. The number of nitrogens with one attached hydrogen (secondary N) is 2. The Bertz CT molecular complexity index is 1260. The number of amides is 1. The van der Waals surface area contributed by atoms with Crippen molar-refractivity contribution < 1.29 is 9.90 Å². The van der Waals surface area contributed by atoms with E-state index in [1.54, 1.807) is 23.1 Å². The molecule has 33 heavy (non-hydrogen) atoms. The standard InChI is InChI=1S/C24H27N5O3S/c1-14-6-7-19-16(12-14)8-10-29(19)24(32)17-4-3-5-18(13-17)27-23-20(22(31)28-33-23)21(25)26-15(2)9-11-30/h3-7,12-13,15,27,30H,8-11H2,1-2H3,(H2,25,26)(H,28,31). The summed E-state index contributed by atoms with van der Waals surface area (Å²) in [7, 11) is 0. The van der Waals surface area contributed by atoms with Crippen molar-refractivity contribution in [3.8, 4) is 0 Å². The van der Waals surface area contributed by atoms with E-state index in [9.17, 15) is 9.59 Å². The van der Waals surface area contributed by atoms with Crippen LogP contribution in [-0.4, -0.2) is 40.4 Å². The molecule has 4 rings (SSSR count). The fourth-order valence-corrected chi connectivity index (χ4v) is 4.70. The van der Waals surface area contributed by atoms with Gasteiger partial charge < -0.3 is 21.1 Å². The summed E-state index contributed by atoms with van der Waals surface area (Å²) >= 11 is 1.12. The monoisotopic (exact) mass is 465 g/mol. The van der Waals surface area contributed by atoms with Crippen LogP contribution in [-0.2, 0) is 6.42 Å². The number of anilines is 3. The van der Waals surface area contributed by atoms with Crippen molar-refractivity contribution >= 4 is 39.7 Å². The number of aliphatic hydroxyl groups excluding tert-OH is 1. The summed E-state index contributed by atoms with van der Waals surface area (Å²) in [4.78, 5) is 31.7. The molecule has 0 spiro atoms. The fourth-order valence-electron chi connectivity index (χ4n) is 3.93. The lowest BCUT2D eigenvalue weighted by molar-refractivity contribution is 0.0989. The highest BCUT2D eigenvalue weighted by Gasteiger charge is 2.26. The van der Waals surface area contributed by atoms with Gasteiger partial charge in [0.15, 0.2) is 0 Å². The summed E-state index contributed by atoms with van der Waals surface area (Å²) in [5.41, 5.74) is 10.6. The lowest BCUT2D eigenvalue weighted by atomic mass is 10.1. The van der Waals surface area contributed by atoms with Crippen LogP contribution in [0.15, 0.2) is 52.3 Å². The van der Waals surface area contributed by atoms with Crippen LogP contribution in [0.1, 0.15) is 40.4 Å². The number of aromatic amines is 1. The smallest absolute Gasteiger partial charge is 0.271 e. The summed E-state index contributed by atoms with van der Waals surface area (Å²) in [6, 6.07) is 13.1. The largest absolute Gasteiger partial charge is 0.396 e. The number of aliphatic imine (C=N–C) groups is 1. The molecule has 3 aromatic rings. The maximum atomic E-state index is 13.2. The number of carbonyl (C=O) groups excluding carboxylic acids is 1. The molecule has 9 heteroatoms. The number of aromatic nitrogens is 1. The number of hydrogen-bond donors (Lipinski definition) is 4. The number of H-pyrrole nitrogens is 1. The summed E-state index contributed by atoms with van der Waals surface area (Å²) < 4.78 is 2.68. The number of fused-ring (bicyclic) bond motifs is 1. The van der Waals surface area contributed by atoms with Crippen LogP contribution in [0.3, 0.4) is 0 Å². The Morgan fingerprint density at radius 2 is 2.15 bits per heavy atom. The van der Waals surface area contributed by atoms with E-state index < -0.39 is 0 Å². The van der Waals surface area contributed by atoms with E-state index in [2.05, 4.69) is 20.7 Å². The van der Waals surface area contributed by atoms with Crippen LogP contribution in [0.2, 0.25) is 0 Å². The van der Waals surface area contributed by atoms with Gasteiger partial charge in [0.05, 0.1) is 6.04 Å². The molecule has 1 amide bonds. The minimum atomic E-state index is -0.337. The Labute approximate surface area is 195 Å². The molecule has 0 saturated carbocycles. The average Bonchev–Trinajstić information content (AvgIpc) is 3.36. The Balaban J connectivity index is 1.57. The Kier molecular flexibility index (Phi) is 6.62. The van der Waals surface area contributed by atoms with Gasteiger partial charge in [-0.05, 0) is 68.1 Å².